The van der Waals surface area contributed by atoms with Crippen molar-refractivity contribution in [3.05, 3.63) is 29.8 Å². The number of hydrogen-bond donors (Lipinski definition) is 3. The van der Waals surface area contributed by atoms with Crippen LogP contribution in [-0.4, -0.2) is 12.5 Å². The first kappa shape index (κ1) is 7.02. The quantitative estimate of drug-likeness (QED) is 0.508. The molecule has 1 aromatic rings. The second-order valence-electron chi connectivity index (χ2n) is 2.96. The highest BCUT2D eigenvalue weighted by Crippen LogP contribution is 2.23. The Kier molecular flexibility index (Phi) is 1.36. The molecule has 3 rings (SSSR count). The Morgan fingerprint density at radius 2 is 2.23 bits per heavy atom. The van der Waals surface area contributed by atoms with Crippen LogP contribution < -0.4 is 21.5 Å². The molecule has 2 aliphatic heterocycles. The fourth-order valence-corrected chi connectivity index (χ4v) is 1.55. The first-order valence-electron chi connectivity index (χ1n) is 4.13. The number of hydrazine groups is 3. The second kappa shape index (κ2) is 2.53. The van der Waals surface area contributed by atoms with Gasteiger partial charge in [-0.15, -0.1) is 0 Å². The molecule has 1 saturated heterocycles. The zero-order valence-electron chi connectivity index (χ0n) is 6.86. The Bertz CT molecular complexity index is 361. The number of aliphatic imine (C=N–C) groups is 1. The minimum absolute atomic E-state index is 0.0464. The molecule has 5 heteroatoms. The molecule has 2 heterocycles. The van der Waals surface area contributed by atoms with Crippen LogP contribution >= 0.6 is 0 Å². The topological polar surface area (TPSA) is 51.7 Å². The largest absolute Gasteiger partial charge is 0.254 e. The van der Waals surface area contributed by atoms with Crippen molar-refractivity contribution in [2.24, 2.45) is 4.99 Å². The molecule has 3 N–H and O–H groups in total. The standard InChI is InChI=1S/C8H9N5/c1-2-4-7-6(3-1)5-9-8-10-11-12-13(7)8/h1-5,8,10-12H. The van der Waals surface area contributed by atoms with E-state index in [0.717, 1.165) is 11.3 Å². The summed E-state index contributed by atoms with van der Waals surface area (Å²) in [5.74, 6) is 0. The highest BCUT2D eigenvalue weighted by Gasteiger charge is 2.26. The molecule has 1 fully saturated rings. The summed E-state index contributed by atoms with van der Waals surface area (Å²) in [6, 6.07) is 8.10. The van der Waals surface area contributed by atoms with Crippen LogP contribution in [0.15, 0.2) is 29.3 Å². The summed E-state index contributed by atoms with van der Waals surface area (Å²) in [5.41, 5.74) is 11.0. The van der Waals surface area contributed by atoms with Gasteiger partial charge in [0.2, 0.25) is 6.29 Å². The molecule has 66 valence electrons. The summed E-state index contributed by atoms with van der Waals surface area (Å²) in [6.07, 6.45) is 1.83. The second-order valence-corrected chi connectivity index (χ2v) is 2.96. The predicted molar refractivity (Wildman–Crippen MR) is 49.7 cm³/mol. The number of para-hydroxylation sites is 1. The summed E-state index contributed by atoms with van der Waals surface area (Å²) in [6.45, 7) is 0. The summed E-state index contributed by atoms with van der Waals surface area (Å²) < 4.78 is 0. The van der Waals surface area contributed by atoms with Gasteiger partial charge in [-0.05, 0) is 6.07 Å². The van der Waals surface area contributed by atoms with Crippen LogP contribution in [0.3, 0.4) is 0 Å². The van der Waals surface area contributed by atoms with Crippen molar-refractivity contribution < 1.29 is 0 Å². The Balaban J connectivity index is 2.13. The monoisotopic (exact) mass is 175 g/mol. The maximum absolute atomic E-state index is 4.30. The van der Waals surface area contributed by atoms with Crippen LogP contribution in [0.1, 0.15) is 5.56 Å². The fraction of sp³-hybridized carbons (Fsp3) is 0.125. The molecule has 5 nitrogen and oxygen atoms in total. The third-order valence-electron chi connectivity index (χ3n) is 2.17. The van der Waals surface area contributed by atoms with E-state index in [1.165, 1.54) is 0 Å². The van der Waals surface area contributed by atoms with Crippen LogP contribution in [0.25, 0.3) is 0 Å². The maximum Gasteiger partial charge on any atom is 0.204 e. The molecule has 1 atom stereocenters. The lowest BCUT2D eigenvalue weighted by atomic mass is 10.1. The predicted octanol–water partition coefficient (Wildman–Crippen LogP) is -0.263. The zero-order valence-corrected chi connectivity index (χ0v) is 6.86. The van der Waals surface area contributed by atoms with Crippen molar-refractivity contribution in [2.75, 3.05) is 5.01 Å². The lowest BCUT2D eigenvalue weighted by Gasteiger charge is -2.25. The Morgan fingerprint density at radius 1 is 1.31 bits per heavy atom. The first-order chi connectivity index (χ1) is 6.45. The number of fused-ring (bicyclic) bond motifs is 3. The number of hydrogen-bond acceptors (Lipinski definition) is 5. The van der Waals surface area contributed by atoms with Crippen molar-refractivity contribution >= 4 is 11.9 Å². The van der Waals surface area contributed by atoms with Crippen molar-refractivity contribution in [1.29, 1.82) is 0 Å². The van der Waals surface area contributed by atoms with E-state index in [-0.39, 0.29) is 6.29 Å². The molecule has 0 spiro atoms. The normalized spacial score (nSPS) is 24.3. The van der Waals surface area contributed by atoms with E-state index in [9.17, 15) is 0 Å². The van der Waals surface area contributed by atoms with E-state index in [1.54, 1.807) is 0 Å². The van der Waals surface area contributed by atoms with Crippen LogP contribution in [0.2, 0.25) is 0 Å². The van der Waals surface area contributed by atoms with Gasteiger partial charge in [0.25, 0.3) is 0 Å². The molecule has 13 heavy (non-hydrogen) atoms. The van der Waals surface area contributed by atoms with Crippen molar-refractivity contribution in [3.8, 4) is 0 Å². The summed E-state index contributed by atoms with van der Waals surface area (Å²) >= 11 is 0. The van der Waals surface area contributed by atoms with Gasteiger partial charge in [0.1, 0.15) is 0 Å². The lowest BCUT2D eigenvalue weighted by Crippen LogP contribution is -2.41. The van der Waals surface area contributed by atoms with Gasteiger partial charge >= 0.3 is 0 Å². The van der Waals surface area contributed by atoms with E-state index < -0.39 is 0 Å². The molecule has 0 aromatic heterocycles. The number of nitrogens with zero attached hydrogens (tertiary/aromatic N) is 2. The van der Waals surface area contributed by atoms with Crippen LogP contribution in [0.4, 0.5) is 5.69 Å². The zero-order chi connectivity index (χ0) is 8.67. The van der Waals surface area contributed by atoms with Crippen LogP contribution in [0, 0.1) is 0 Å². The van der Waals surface area contributed by atoms with E-state index in [0.29, 0.717) is 0 Å². The third-order valence-corrected chi connectivity index (χ3v) is 2.17. The van der Waals surface area contributed by atoms with Gasteiger partial charge in [-0.2, -0.15) is 16.5 Å². The maximum atomic E-state index is 4.30. The van der Waals surface area contributed by atoms with Gasteiger partial charge in [0.15, 0.2) is 0 Å². The number of nitrogens with one attached hydrogen (secondary N) is 3. The molecule has 0 amide bonds. The average molecular weight is 175 g/mol. The number of anilines is 1. The fourth-order valence-electron chi connectivity index (χ4n) is 1.55. The minimum atomic E-state index is -0.0464. The van der Waals surface area contributed by atoms with Crippen molar-refractivity contribution in [3.63, 3.8) is 0 Å². The van der Waals surface area contributed by atoms with Gasteiger partial charge in [0.05, 0.1) is 5.69 Å². The summed E-state index contributed by atoms with van der Waals surface area (Å²) in [7, 11) is 0. The minimum Gasteiger partial charge on any atom is -0.254 e. The highest BCUT2D eigenvalue weighted by atomic mass is 15.9. The van der Waals surface area contributed by atoms with E-state index in [1.807, 2.05) is 29.4 Å². The molecular formula is C8H9N5. The molecule has 0 bridgehead atoms. The van der Waals surface area contributed by atoms with Gasteiger partial charge in [-0.1, -0.05) is 18.2 Å². The molecule has 0 saturated carbocycles. The molecule has 1 unspecified atom stereocenters. The Hall–Kier alpha value is -1.43. The van der Waals surface area contributed by atoms with Crippen LogP contribution in [0.5, 0.6) is 0 Å². The van der Waals surface area contributed by atoms with E-state index in [2.05, 4.69) is 27.6 Å². The van der Waals surface area contributed by atoms with Crippen molar-refractivity contribution in [2.45, 2.75) is 6.29 Å². The highest BCUT2D eigenvalue weighted by molar-refractivity contribution is 5.89. The van der Waals surface area contributed by atoms with Gasteiger partial charge in [0, 0.05) is 11.8 Å². The SMILES string of the molecule is C1=NC2NNNN2c2ccccc21. The molecule has 0 radical (unpaired) electrons. The van der Waals surface area contributed by atoms with Gasteiger partial charge in [-0.25, -0.2) is 0 Å². The number of benzene rings is 1. The lowest BCUT2D eigenvalue weighted by molar-refractivity contribution is 0.554. The van der Waals surface area contributed by atoms with E-state index >= 15 is 0 Å². The molecule has 1 aromatic carbocycles. The van der Waals surface area contributed by atoms with Crippen LogP contribution in [-0.2, 0) is 0 Å². The van der Waals surface area contributed by atoms with E-state index in [4.69, 9.17) is 0 Å². The molecule has 0 aliphatic carbocycles. The third kappa shape index (κ3) is 0.951. The first-order valence-corrected chi connectivity index (χ1v) is 4.13. The van der Waals surface area contributed by atoms with Gasteiger partial charge in [-0.3, -0.25) is 10.0 Å². The smallest absolute Gasteiger partial charge is 0.204 e. The average Bonchev–Trinajstić information content (AvgIpc) is 2.65. The van der Waals surface area contributed by atoms with Gasteiger partial charge < -0.3 is 0 Å². The molecule has 2 aliphatic rings. The summed E-state index contributed by atoms with van der Waals surface area (Å²) in [5, 5.41) is 1.94. The number of rotatable bonds is 0. The summed E-state index contributed by atoms with van der Waals surface area (Å²) in [4.78, 5) is 4.30. The van der Waals surface area contributed by atoms with Crippen molar-refractivity contribution in [1.82, 2.24) is 16.5 Å². The Morgan fingerprint density at radius 3 is 3.23 bits per heavy atom. The Labute approximate surface area is 75.4 Å². The molecular weight excluding hydrogens is 166 g/mol.